The number of carbonyl (C=O) groups is 1. The molecule has 136 valence electrons. The Morgan fingerprint density at radius 3 is 2.50 bits per heavy atom. The van der Waals surface area contributed by atoms with Crippen LogP contribution < -0.4 is 11.1 Å². The Morgan fingerprint density at radius 1 is 1.29 bits per heavy atom. The Labute approximate surface area is 151 Å². The number of amides is 1. The van der Waals surface area contributed by atoms with Gasteiger partial charge in [-0.15, -0.1) is 12.4 Å². The lowest BCUT2D eigenvalue weighted by molar-refractivity contribution is -0.135. The summed E-state index contributed by atoms with van der Waals surface area (Å²) in [6.45, 7) is 7.43. The lowest BCUT2D eigenvalue weighted by Gasteiger charge is -2.33. The fraction of sp³-hybridized carbons (Fsp3) is 0.632. The molecular formula is C19H31ClN2O2. The fourth-order valence-electron chi connectivity index (χ4n) is 3.03. The molecular weight excluding hydrogens is 324 g/mol. The maximum atomic E-state index is 12.7. The van der Waals surface area contributed by atoms with Crippen molar-refractivity contribution in [3.8, 4) is 0 Å². The lowest BCUT2D eigenvalue weighted by Crippen LogP contribution is -2.51. The number of nitrogens with one attached hydrogen (secondary N) is 1. The van der Waals surface area contributed by atoms with Crippen LogP contribution in [0.2, 0.25) is 0 Å². The number of benzene rings is 1. The number of rotatable bonds is 6. The molecule has 1 saturated heterocycles. The summed E-state index contributed by atoms with van der Waals surface area (Å²) in [4.78, 5) is 12.7. The van der Waals surface area contributed by atoms with E-state index in [0.29, 0.717) is 13.2 Å². The summed E-state index contributed by atoms with van der Waals surface area (Å²) in [6.07, 6.45) is 3.34. The molecule has 5 heteroatoms. The molecule has 2 unspecified atom stereocenters. The SMILES string of the molecule is CCC(N)(CC)CNC(=O)C1CCCOC1c1ccc(C)cc1.Cl. The van der Waals surface area contributed by atoms with Crippen LogP contribution in [-0.4, -0.2) is 24.6 Å². The minimum Gasteiger partial charge on any atom is -0.373 e. The van der Waals surface area contributed by atoms with Crippen LogP contribution >= 0.6 is 12.4 Å². The van der Waals surface area contributed by atoms with Crippen molar-refractivity contribution in [1.82, 2.24) is 5.32 Å². The van der Waals surface area contributed by atoms with Gasteiger partial charge in [-0.3, -0.25) is 4.79 Å². The predicted octanol–water partition coefficient (Wildman–Crippen LogP) is 3.52. The molecule has 0 aliphatic carbocycles. The van der Waals surface area contributed by atoms with Gasteiger partial charge in [-0.2, -0.15) is 0 Å². The van der Waals surface area contributed by atoms with E-state index >= 15 is 0 Å². The molecule has 2 atom stereocenters. The van der Waals surface area contributed by atoms with E-state index in [1.165, 1.54) is 5.56 Å². The van der Waals surface area contributed by atoms with Gasteiger partial charge in [-0.05, 0) is 38.2 Å². The molecule has 2 rings (SSSR count). The molecule has 1 amide bonds. The van der Waals surface area contributed by atoms with Crippen molar-refractivity contribution < 1.29 is 9.53 Å². The maximum absolute atomic E-state index is 12.7. The second kappa shape index (κ2) is 9.40. The Balaban J connectivity index is 0.00000288. The number of halogens is 1. The lowest BCUT2D eigenvalue weighted by atomic mass is 9.87. The van der Waals surface area contributed by atoms with Crippen LogP contribution in [0.15, 0.2) is 24.3 Å². The van der Waals surface area contributed by atoms with Crippen LogP contribution in [0.3, 0.4) is 0 Å². The average Bonchev–Trinajstić information content (AvgIpc) is 2.60. The average molecular weight is 355 g/mol. The molecule has 0 saturated carbocycles. The third-order valence-electron chi connectivity index (χ3n) is 5.09. The van der Waals surface area contributed by atoms with Crippen molar-refractivity contribution in [2.45, 2.75) is 58.1 Å². The molecule has 1 aromatic rings. The van der Waals surface area contributed by atoms with Gasteiger partial charge < -0.3 is 15.8 Å². The van der Waals surface area contributed by atoms with Crippen molar-refractivity contribution in [1.29, 1.82) is 0 Å². The Bertz CT molecular complexity index is 515. The normalized spacial score (nSPS) is 21.0. The Morgan fingerprint density at radius 2 is 1.92 bits per heavy atom. The van der Waals surface area contributed by atoms with Crippen molar-refractivity contribution in [2.75, 3.05) is 13.2 Å². The second-order valence-electron chi connectivity index (χ2n) is 6.74. The first-order valence-electron chi connectivity index (χ1n) is 8.74. The summed E-state index contributed by atoms with van der Waals surface area (Å²) in [5.74, 6) is -0.0728. The van der Waals surface area contributed by atoms with Gasteiger partial charge in [0.05, 0.1) is 12.0 Å². The van der Waals surface area contributed by atoms with Crippen LogP contribution in [0.1, 0.15) is 56.8 Å². The molecule has 1 heterocycles. The van der Waals surface area contributed by atoms with Crippen LogP contribution in [-0.2, 0) is 9.53 Å². The third kappa shape index (κ3) is 5.20. The summed E-state index contributed by atoms with van der Waals surface area (Å²) in [7, 11) is 0. The van der Waals surface area contributed by atoms with Crippen LogP contribution in [0.4, 0.5) is 0 Å². The zero-order valence-corrected chi connectivity index (χ0v) is 15.8. The molecule has 0 spiro atoms. The molecule has 3 N–H and O–H groups in total. The zero-order chi connectivity index (χ0) is 16.9. The number of hydrogen-bond donors (Lipinski definition) is 2. The molecule has 24 heavy (non-hydrogen) atoms. The first kappa shape index (κ1) is 20.9. The van der Waals surface area contributed by atoms with Gasteiger partial charge in [0.25, 0.3) is 0 Å². The minimum atomic E-state index is -0.315. The van der Waals surface area contributed by atoms with Crippen LogP contribution in [0.5, 0.6) is 0 Å². The molecule has 0 radical (unpaired) electrons. The number of carbonyl (C=O) groups excluding carboxylic acids is 1. The number of nitrogens with two attached hydrogens (primary N) is 1. The summed E-state index contributed by atoms with van der Waals surface area (Å²) < 4.78 is 5.93. The fourth-order valence-corrected chi connectivity index (χ4v) is 3.03. The summed E-state index contributed by atoms with van der Waals surface area (Å²) in [5.41, 5.74) is 8.27. The molecule has 1 aliphatic heterocycles. The minimum absolute atomic E-state index is 0. The zero-order valence-electron chi connectivity index (χ0n) is 15.0. The number of hydrogen-bond acceptors (Lipinski definition) is 3. The molecule has 1 aromatic carbocycles. The van der Waals surface area contributed by atoms with E-state index in [0.717, 1.165) is 31.2 Å². The largest absolute Gasteiger partial charge is 0.373 e. The summed E-state index contributed by atoms with van der Waals surface area (Å²) in [6, 6.07) is 8.27. The van der Waals surface area contributed by atoms with Gasteiger partial charge in [-0.1, -0.05) is 43.7 Å². The van der Waals surface area contributed by atoms with E-state index in [-0.39, 0.29) is 35.9 Å². The Hall–Kier alpha value is -1.10. The summed E-state index contributed by atoms with van der Waals surface area (Å²) >= 11 is 0. The molecule has 0 aromatic heterocycles. The highest BCUT2D eigenvalue weighted by Crippen LogP contribution is 2.34. The van der Waals surface area contributed by atoms with Crippen LogP contribution in [0.25, 0.3) is 0 Å². The van der Waals surface area contributed by atoms with Gasteiger partial charge in [0.15, 0.2) is 0 Å². The van der Waals surface area contributed by atoms with Crippen molar-refractivity contribution >= 4 is 18.3 Å². The van der Waals surface area contributed by atoms with Crippen molar-refractivity contribution in [3.63, 3.8) is 0 Å². The number of ether oxygens (including phenoxy) is 1. The topological polar surface area (TPSA) is 64.3 Å². The smallest absolute Gasteiger partial charge is 0.226 e. The first-order chi connectivity index (χ1) is 11.0. The van der Waals surface area contributed by atoms with E-state index < -0.39 is 0 Å². The van der Waals surface area contributed by atoms with E-state index in [2.05, 4.69) is 50.4 Å². The first-order valence-corrected chi connectivity index (χ1v) is 8.74. The van der Waals surface area contributed by atoms with Gasteiger partial charge in [0, 0.05) is 18.7 Å². The molecule has 0 bridgehead atoms. The molecule has 1 aliphatic rings. The highest BCUT2D eigenvalue weighted by atomic mass is 35.5. The van der Waals surface area contributed by atoms with Gasteiger partial charge in [0.2, 0.25) is 5.91 Å². The Kier molecular flexibility index (Phi) is 8.20. The van der Waals surface area contributed by atoms with Crippen molar-refractivity contribution in [3.05, 3.63) is 35.4 Å². The second-order valence-corrected chi connectivity index (χ2v) is 6.74. The van der Waals surface area contributed by atoms with E-state index in [1.807, 2.05) is 0 Å². The third-order valence-corrected chi connectivity index (χ3v) is 5.09. The quantitative estimate of drug-likeness (QED) is 0.821. The van der Waals surface area contributed by atoms with E-state index in [4.69, 9.17) is 10.5 Å². The highest BCUT2D eigenvalue weighted by molar-refractivity contribution is 5.85. The monoisotopic (exact) mass is 354 g/mol. The van der Waals surface area contributed by atoms with Crippen LogP contribution in [0, 0.1) is 12.8 Å². The van der Waals surface area contributed by atoms with Gasteiger partial charge >= 0.3 is 0 Å². The number of aryl methyl sites for hydroxylation is 1. The predicted molar refractivity (Wildman–Crippen MR) is 100 cm³/mol. The molecule has 1 fully saturated rings. The van der Waals surface area contributed by atoms with E-state index in [9.17, 15) is 4.79 Å². The standard InChI is InChI=1S/C19H30N2O2.ClH/c1-4-19(20,5-2)13-21-18(22)16-7-6-12-23-17(16)15-10-8-14(3)9-11-15;/h8-11,16-17H,4-7,12-13,20H2,1-3H3,(H,21,22);1H. The van der Waals surface area contributed by atoms with Gasteiger partial charge in [-0.25, -0.2) is 0 Å². The van der Waals surface area contributed by atoms with Gasteiger partial charge in [0.1, 0.15) is 0 Å². The van der Waals surface area contributed by atoms with E-state index in [1.54, 1.807) is 0 Å². The highest BCUT2D eigenvalue weighted by Gasteiger charge is 2.34. The maximum Gasteiger partial charge on any atom is 0.226 e. The molecule has 4 nitrogen and oxygen atoms in total. The van der Waals surface area contributed by atoms with Crippen molar-refractivity contribution in [2.24, 2.45) is 11.7 Å². The summed E-state index contributed by atoms with van der Waals surface area (Å²) in [5, 5.41) is 3.06.